The standard InChI is InChI=1S/C18H19F2N3O/c1-11-13(15(20)6-5-14(11)19)10-24-17-8-12(9-23-18(17)21)16-4-2-3-7-22-16/h2-9,11,14,18,23H,10,21H2,1H3. The lowest BCUT2D eigenvalue weighted by atomic mass is 9.91. The van der Waals surface area contributed by atoms with E-state index in [1.54, 1.807) is 25.4 Å². The molecule has 1 aliphatic heterocycles. The predicted molar refractivity (Wildman–Crippen MR) is 88.7 cm³/mol. The second-order valence-electron chi connectivity index (χ2n) is 5.76. The number of allylic oxidation sites excluding steroid dienone is 5. The van der Waals surface area contributed by atoms with Crippen LogP contribution in [-0.4, -0.2) is 23.9 Å². The molecular weight excluding hydrogens is 312 g/mol. The molecule has 126 valence electrons. The third-order valence-corrected chi connectivity index (χ3v) is 4.14. The monoisotopic (exact) mass is 331 g/mol. The SMILES string of the molecule is CC1C(COC2=CC(c3ccccn3)=CNC2N)=C(F)C=CC1F. The van der Waals surface area contributed by atoms with Crippen molar-refractivity contribution < 1.29 is 13.5 Å². The highest BCUT2D eigenvalue weighted by Gasteiger charge is 2.26. The van der Waals surface area contributed by atoms with Crippen LogP contribution >= 0.6 is 0 Å². The zero-order valence-electron chi connectivity index (χ0n) is 13.2. The Hall–Kier alpha value is -2.47. The van der Waals surface area contributed by atoms with Gasteiger partial charge in [-0.3, -0.25) is 4.98 Å². The Morgan fingerprint density at radius 3 is 2.96 bits per heavy atom. The van der Waals surface area contributed by atoms with E-state index in [4.69, 9.17) is 10.5 Å². The third-order valence-electron chi connectivity index (χ3n) is 4.14. The van der Waals surface area contributed by atoms with Crippen molar-refractivity contribution in [3.05, 3.63) is 71.7 Å². The van der Waals surface area contributed by atoms with Crippen molar-refractivity contribution in [2.45, 2.75) is 19.3 Å². The predicted octanol–water partition coefficient (Wildman–Crippen LogP) is 2.98. The van der Waals surface area contributed by atoms with Gasteiger partial charge in [-0.25, -0.2) is 8.78 Å². The van der Waals surface area contributed by atoms with Gasteiger partial charge in [-0.1, -0.05) is 13.0 Å². The van der Waals surface area contributed by atoms with Gasteiger partial charge in [0.1, 0.15) is 30.5 Å². The first-order valence-corrected chi connectivity index (χ1v) is 7.74. The van der Waals surface area contributed by atoms with Gasteiger partial charge in [-0.15, -0.1) is 0 Å². The Labute approximate surface area is 139 Å². The summed E-state index contributed by atoms with van der Waals surface area (Å²) in [7, 11) is 0. The number of pyridine rings is 1. The zero-order chi connectivity index (χ0) is 17.1. The molecule has 0 fully saturated rings. The highest BCUT2D eigenvalue weighted by atomic mass is 19.1. The maximum absolute atomic E-state index is 13.9. The van der Waals surface area contributed by atoms with E-state index in [0.717, 1.165) is 17.3 Å². The molecule has 3 N–H and O–H groups in total. The smallest absolute Gasteiger partial charge is 0.134 e. The zero-order valence-corrected chi connectivity index (χ0v) is 13.2. The van der Waals surface area contributed by atoms with Gasteiger partial charge in [0, 0.05) is 29.5 Å². The summed E-state index contributed by atoms with van der Waals surface area (Å²) >= 11 is 0. The van der Waals surface area contributed by atoms with Crippen molar-refractivity contribution in [1.29, 1.82) is 0 Å². The second kappa shape index (κ2) is 6.97. The highest BCUT2D eigenvalue weighted by Crippen LogP contribution is 2.29. The van der Waals surface area contributed by atoms with Crippen LogP contribution in [0.2, 0.25) is 0 Å². The highest BCUT2D eigenvalue weighted by molar-refractivity contribution is 5.73. The van der Waals surface area contributed by atoms with Crippen LogP contribution in [0, 0.1) is 5.92 Å². The number of nitrogens with two attached hydrogens (primary N) is 1. The minimum absolute atomic E-state index is 0.0472. The maximum atomic E-state index is 13.9. The number of nitrogens with one attached hydrogen (secondary N) is 1. The minimum atomic E-state index is -1.21. The molecule has 2 aliphatic rings. The van der Waals surface area contributed by atoms with Gasteiger partial charge in [0.15, 0.2) is 0 Å². The molecule has 0 bridgehead atoms. The van der Waals surface area contributed by atoms with Gasteiger partial charge in [-0.2, -0.15) is 0 Å². The number of hydrogen-bond donors (Lipinski definition) is 2. The second-order valence-corrected chi connectivity index (χ2v) is 5.76. The van der Waals surface area contributed by atoms with Gasteiger partial charge in [0.25, 0.3) is 0 Å². The molecule has 0 spiro atoms. The number of hydrogen-bond acceptors (Lipinski definition) is 4. The summed E-state index contributed by atoms with van der Waals surface area (Å²) in [5, 5.41) is 2.98. The Bertz CT molecular complexity index is 725. The van der Waals surface area contributed by atoms with Crippen molar-refractivity contribution in [3.63, 3.8) is 0 Å². The summed E-state index contributed by atoms with van der Waals surface area (Å²) in [5.74, 6) is -0.556. The fraction of sp³-hybridized carbons (Fsp3) is 0.278. The Morgan fingerprint density at radius 2 is 2.21 bits per heavy atom. The quantitative estimate of drug-likeness (QED) is 0.890. The largest absolute Gasteiger partial charge is 0.490 e. The van der Waals surface area contributed by atoms with Crippen molar-refractivity contribution in [3.8, 4) is 0 Å². The average Bonchev–Trinajstić information content (AvgIpc) is 2.60. The van der Waals surface area contributed by atoms with Gasteiger partial charge < -0.3 is 15.8 Å². The number of rotatable bonds is 4. The molecule has 0 saturated carbocycles. The van der Waals surface area contributed by atoms with Gasteiger partial charge in [0.05, 0.1) is 5.69 Å². The third kappa shape index (κ3) is 3.38. The topological polar surface area (TPSA) is 60.2 Å². The number of aromatic nitrogens is 1. The first-order valence-electron chi connectivity index (χ1n) is 7.74. The van der Waals surface area contributed by atoms with Crippen molar-refractivity contribution in [1.82, 2.24) is 10.3 Å². The molecule has 1 aromatic rings. The molecule has 0 saturated heterocycles. The van der Waals surface area contributed by atoms with E-state index in [9.17, 15) is 8.78 Å². The van der Waals surface area contributed by atoms with Crippen molar-refractivity contribution in [2.75, 3.05) is 6.61 Å². The molecule has 1 aromatic heterocycles. The molecule has 0 radical (unpaired) electrons. The van der Waals surface area contributed by atoms with Crippen LogP contribution in [0.4, 0.5) is 8.78 Å². The molecule has 24 heavy (non-hydrogen) atoms. The fourth-order valence-corrected chi connectivity index (χ4v) is 2.58. The van der Waals surface area contributed by atoms with E-state index < -0.39 is 24.1 Å². The van der Waals surface area contributed by atoms with Crippen molar-refractivity contribution in [2.24, 2.45) is 11.7 Å². The van der Waals surface area contributed by atoms with Crippen LogP contribution < -0.4 is 11.1 Å². The lowest BCUT2D eigenvalue weighted by molar-refractivity contribution is 0.191. The van der Waals surface area contributed by atoms with E-state index >= 15 is 0 Å². The van der Waals surface area contributed by atoms with E-state index in [-0.39, 0.29) is 6.61 Å². The van der Waals surface area contributed by atoms with Crippen LogP contribution in [-0.2, 0) is 4.74 Å². The Morgan fingerprint density at radius 1 is 1.38 bits per heavy atom. The molecule has 0 aromatic carbocycles. The number of ether oxygens (including phenoxy) is 1. The average molecular weight is 331 g/mol. The normalized spacial score (nSPS) is 26.6. The summed E-state index contributed by atoms with van der Waals surface area (Å²) in [6.45, 7) is 1.59. The van der Waals surface area contributed by atoms with Crippen molar-refractivity contribution >= 4 is 5.57 Å². The van der Waals surface area contributed by atoms with Crippen LogP contribution in [0.1, 0.15) is 12.6 Å². The lowest BCUT2D eigenvalue weighted by Crippen LogP contribution is -2.39. The number of halogens is 2. The lowest BCUT2D eigenvalue weighted by Gasteiger charge is -2.26. The van der Waals surface area contributed by atoms with Crippen LogP contribution in [0.5, 0.6) is 0 Å². The fourth-order valence-electron chi connectivity index (χ4n) is 2.58. The molecular formula is C18H19F2N3O. The van der Waals surface area contributed by atoms with E-state index in [2.05, 4.69) is 10.3 Å². The van der Waals surface area contributed by atoms with Crippen LogP contribution in [0.3, 0.4) is 0 Å². The minimum Gasteiger partial charge on any atom is -0.490 e. The summed E-state index contributed by atoms with van der Waals surface area (Å²) < 4.78 is 33.3. The maximum Gasteiger partial charge on any atom is 0.134 e. The molecule has 2 heterocycles. The summed E-state index contributed by atoms with van der Waals surface area (Å²) in [6, 6.07) is 5.57. The summed E-state index contributed by atoms with van der Waals surface area (Å²) in [5.41, 5.74) is 7.83. The first kappa shape index (κ1) is 16.4. The van der Waals surface area contributed by atoms with Gasteiger partial charge in [0.2, 0.25) is 0 Å². The molecule has 0 amide bonds. The van der Waals surface area contributed by atoms with Gasteiger partial charge >= 0.3 is 0 Å². The first-order chi connectivity index (χ1) is 11.6. The van der Waals surface area contributed by atoms with Crippen LogP contribution in [0.25, 0.3) is 5.57 Å². The number of nitrogens with zero attached hydrogens (tertiary/aromatic N) is 1. The molecule has 3 atom stereocenters. The van der Waals surface area contributed by atoms with E-state index in [1.807, 2.05) is 18.2 Å². The summed E-state index contributed by atoms with van der Waals surface area (Å²) in [6.07, 6.45) is 5.82. The van der Waals surface area contributed by atoms with Gasteiger partial charge in [-0.05, 0) is 30.4 Å². The van der Waals surface area contributed by atoms with E-state index in [1.165, 1.54) is 6.08 Å². The molecule has 4 nitrogen and oxygen atoms in total. The summed E-state index contributed by atoms with van der Waals surface area (Å²) in [4.78, 5) is 4.27. The Balaban J connectivity index is 1.75. The molecule has 3 rings (SSSR count). The molecule has 3 unspecified atom stereocenters. The number of dihydropyridines is 1. The van der Waals surface area contributed by atoms with E-state index in [0.29, 0.717) is 11.3 Å². The number of alkyl halides is 1. The molecule has 6 heteroatoms. The molecule has 1 aliphatic carbocycles. The van der Waals surface area contributed by atoms with Crippen LogP contribution in [0.15, 0.2) is 66.0 Å². The Kier molecular flexibility index (Phi) is 4.76.